The molecule has 0 saturated carbocycles. The molecule has 17 heavy (non-hydrogen) atoms. The second-order valence-electron chi connectivity index (χ2n) is 4.20. The number of morpholine rings is 1. The highest BCUT2D eigenvalue weighted by Gasteiger charge is 2.31. The number of aromatic nitrogens is 3. The van der Waals surface area contributed by atoms with Crippen molar-refractivity contribution in [2.24, 2.45) is 0 Å². The van der Waals surface area contributed by atoms with Gasteiger partial charge in [-0.1, -0.05) is 0 Å². The van der Waals surface area contributed by atoms with E-state index in [1.54, 1.807) is 4.68 Å². The van der Waals surface area contributed by atoms with Crippen LogP contribution in [0.5, 0.6) is 0 Å². The molecule has 3 rings (SSSR count). The molecule has 92 valence electrons. The fourth-order valence-corrected chi connectivity index (χ4v) is 2.27. The van der Waals surface area contributed by atoms with Crippen molar-refractivity contribution < 1.29 is 9.53 Å². The molecule has 0 spiro atoms. The molecule has 1 atom stereocenters. The molecule has 0 aromatic carbocycles. The topological polar surface area (TPSA) is 72.3 Å². The standard InChI is InChI=1S/C10H15N5O2/c16-9(14-3-5-17-6-4-14)8-1-2-11-10-12-7-13-15(8)10/h7-8H,1-6H2,(H,11,12,13). The van der Waals surface area contributed by atoms with E-state index in [9.17, 15) is 4.79 Å². The van der Waals surface area contributed by atoms with Crippen molar-refractivity contribution in [2.45, 2.75) is 12.5 Å². The minimum atomic E-state index is -0.216. The first-order valence-electron chi connectivity index (χ1n) is 5.86. The monoisotopic (exact) mass is 237 g/mol. The molecule has 7 nitrogen and oxygen atoms in total. The third-order valence-corrected chi connectivity index (χ3v) is 3.18. The third-order valence-electron chi connectivity index (χ3n) is 3.18. The van der Waals surface area contributed by atoms with Crippen LogP contribution in [0.15, 0.2) is 6.33 Å². The van der Waals surface area contributed by atoms with Crippen LogP contribution in [0.4, 0.5) is 5.95 Å². The summed E-state index contributed by atoms with van der Waals surface area (Å²) in [6.45, 7) is 3.36. The van der Waals surface area contributed by atoms with Crippen LogP contribution in [0, 0.1) is 0 Å². The number of rotatable bonds is 1. The van der Waals surface area contributed by atoms with Crippen molar-refractivity contribution in [2.75, 3.05) is 38.2 Å². The summed E-state index contributed by atoms with van der Waals surface area (Å²) in [7, 11) is 0. The normalized spacial score (nSPS) is 24.0. The van der Waals surface area contributed by atoms with Gasteiger partial charge in [0.2, 0.25) is 11.9 Å². The maximum Gasteiger partial charge on any atom is 0.247 e. The van der Waals surface area contributed by atoms with Crippen molar-refractivity contribution in [1.82, 2.24) is 19.7 Å². The van der Waals surface area contributed by atoms with Crippen molar-refractivity contribution >= 4 is 11.9 Å². The Morgan fingerprint density at radius 2 is 2.29 bits per heavy atom. The quantitative estimate of drug-likeness (QED) is 0.712. The van der Waals surface area contributed by atoms with Gasteiger partial charge in [0.25, 0.3) is 0 Å². The molecule has 1 N–H and O–H groups in total. The van der Waals surface area contributed by atoms with Gasteiger partial charge in [0.05, 0.1) is 13.2 Å². The average molecular weight is 237 g/mol. The summed E-state index contributed by atoms with van der Waals surface area (Å²) in [5, 5.41) is 7.24. The second kappa shape index (κ2) is 4.33. The molecule has 2 aliphatic rings. The van der Waals surface area contributed by atoms with E-state index in [2.05, 4.69) is 15.4 Å². The van der Waals surface area contributed by atoms with E-state index in [1.165, 1.54) is 6.33 Å². The SMILES string of the molecule is O=C(C1CCNc2ncnn21)N1CCOCC1. The zero-order chi connectivity index (χ0) is 11.7. The minimum absolute atomic E-state index is 0.126. The summed E-state index contributed by atoms with van der Waals surface area (Å²) in [6.07, 6.45) is 2.24. The first-order valence-corrected chi connectivity index (χ1v) is 5.86. The van der Waals surface area contributed by atoms with Gasteiger partial charge >= 0.3 is 0 Å². The summed E-state index contributed by atoms with van der Waals surface area (Å²) >= 11 is 0. The van der Waals surface area contributed by atoms with Crippen LogP contribution in [-0.4, -0.2) is 58.4 Å². The van der Waals surface area contributed by atoms with Gasteiger partial charge in [-0.3, -0.25) is 4.79 Å². The zero-order valence-corrected chi connectivity index (χ0v) is 9.50. The maximum atomic E-state index is 12.4. The molecule has 1 unspecified atom stereocenters. The molecule has 1 aromatic rings. The fourth-order valence-electron chi connectivity index (χ4n) is 2.27. The lowest BCUT2D eigenvalue weighted by molar-refractivity contribution is -0.139. The predicted octanol–water partition coefficient (Wildman–Crippen LogP) is -0.506. The Hall–Kier alpha value is -1.63. The highest BCUT2D eigenvalue weighted by atomic mass is 16.5. The molecule has 1 fully saturated rings. The van der Waals surface area contributed by atoms with Crippen LogP contribution >= 0.6 is 0 Å². The van der Waals surface area contributed by atoms with Crippen LogP contribution in [0.1, 0.15) is 12.5 Å². The largest absolute Gasteiger partial charge is 0.378 e. The number of carbonyl (C=O) groups is 1. The van der Waals surface area contributed by atoms with Crippen molar-refractivity contribution in [1.29, 1.82) is 0 Å². The first kappa shape index (κ1) is 10.5. The number of nitrogens with zero attached hydrogens (tertiary/aromatic N) is 4. The summed E-state index contributed by atoms with van der Waals surface area (Å²) in [6, 6.07) is -0.216. The highest BCUT2D eigenvalue weighted by Crippen LogP contribution is 2.22. The van der Waals surface area contributed by atoms with E-state index in [-0.39, 0.29) is 11.9 Å². The van der Waals surface area contributed by atoms with Gasteiger partial charge in [-0.2, -0.15) is 10.1 Å². The number of fused-ring (bicyclic) bond motifs is 1. The van der Waals surface area contributed by atoms with Crippen molar-refractivity contribution in [3.63, 3.8) is 0 Å². The van der Waals surface area contributed by atoms with Crippen LogP contribution < -0.4 is 5.32 Å². The molecule has 1 aromatic heterocycles. The molecular formula is C10H15N5O2. The highest BCUT2D eigenvalue weighted by molar-refractivity contribution is 5.81. The Balaban J connectivity index is 1.79. The summed E-state index contributed by atoms with van der Waals surface area (Å²) < 4.78 is 6.93. The first-order chi connectivity index (χ1) is 8.36. The summed E-state index contributed by atoms with van der Waals surface area (Å²) in [5.41, 5.74) is 0. The maximum absolute atomic E-state index is 12.4. The molecule has 3 heterocycles. The molecular weight excluding hydrogens is 222 g/mol. The number of anilines is 1. The number of hydrogen-bond donors (Lipinski definition) is 1. The van der Waals surface area contributed by atoms with E-state index in [0.717, 1.165) is 13.0 Å². The fraction of sp³-hybridized carbons (Fsp3) is 0.700. The molecule has 1 saturated heterocycles. The summed E-state index contributed by atoms with van der Waals surface area (Å²) in [4.78, 5) is 18.3. The number of nitrogens with one attached hydrogen (secondary N) is 1. The van der Waals surface area contributed by atoms with E-state index in [1.807, 2.05) is 4.90 Å². The lowest BCUT2D eigenvalue weighted by Gasteiger charge is -2.32. The van der Waals surface area contributed by atoms with E-state index < -0.39 is 0 Å². The van der Waals surface area contributed by atoms with Gasteiger partial charge in [0.1, 0.15) is 12.4 Å². The van der Waals surface area contributed by atoms with Crippen LogP contribution in [0.3, 0.4) is 0 Å². The van der Waals surface area contributed by atoms with E-state index in [4.69, 9.17) is 4.74 Å². The number of amides is 1. The van der Waals surface area contributed by atoms with Gasteiger partial charge < -0.3 is 15.0 Å². The smallest absolute Gasteiger partial charge is 0.247 e. The molecule has 0 radical (unpaired) electrons. The molecule has 7 heteroatoms. The van der Waals surface area contributed by atoms with Gasteiger partial charge in [0, 0.05) is 19.6 Å². The lowest BCUT2D eigenvalue weighted by Crippen LogP contribution is -2.45. The zero-order valence-electron chi connectivity index (χ0n) is 9.50. The van der Waals surface area contributed by atoms with Gasteiger partial charge in [-0.15, -0.1) is 0 Å². The van der Waals surface area contributed by atoms with Crippen LogP contribution in [-0.2, 0) is 9.53 Å². The summed E-state index contributed by atoms with van der Waals surface area (Å²) in [5.74, 6) is 0.810. The van der Waals surface area contributed by atoms with Crippen LogP contribution in [0.2, 0.25) is 0 Å². The van der Waals surface area contributed by atoms with E-state index in [0.29, 0.717) is 32.3 Å². The van der Waals surface area contributed by atoms with Crippen molar-refractivity contribution in [3.05, 3.63) is 6.33 Å². The van der Waals surface area contributed by atoms with Gasteiger partial charge in [-0.25, -0.2) is 4.68 Å². The minimum Gasteiger partial charge on any atom is -0.378 e. The number of carbonyl (C=O) groups excluding carboxylic acids is 1. The Bertz CT molecular complexity index is 413. The van der Waals surface area contributed by atoms with Crippen molar-refractivity contribution in [3.8, 4) is 0 Å². The predicted molar refractivity (Wildman–Crippen MR) is 59.6 cm³/mol. The number of hydrogen-bond acceptors (Lipinski definition) is 5. The van der Waals surface area contributed by atoms with Crippen LogP contribution in [0.25, 0.3) is 0 Å². The Labute approximate surface area is 98.8 Å². The van der Waals surface area contributed by atoms with Gasteiger partial charge in [0.15, 0.2) is 0 Å². The van der Waals surface area contributed by atoms with E-state index >= 15 is 0 Å². The Morgan fingerprint density at radius 3 is 3.12 bits per heavy atom. The Kier molecular flexibility index (Phi) is 2.68. The molecule has 0 bridgehead atoms. The molecule has 1 amide bonds. The Morgan fingerprint density at radius 1 is 1.47 bits per heavy atom. The number of ether oxygens (including phenoxy) is 1. The second-order valence-corrected chi connectivity index (χ2v) is 4.20. The third kappa shape index (κ3) is 1.86. The van der Waals surface area contributed by atoms with Gasteiger partial charge in [-0.05, 0) is 6.42 Å². The average Bonchev–Trinajstić information content (AvgIpc) is 2.87. The molecule has 0 aliphatic carbocycles. The molecule has 2 aliphatic heterocycles. The lowest BCUT2D eigenvalue weighted by atomic mass is 10.1.